The molecule has 0 saturated carbocycles. The molecule has 0 aliphatic carbocycles. The molecule has 0 bridgehead atoms. The zero-order valence-electron chi connectivity index (χ0n) is 10.9. The number of rotatable bonds is 4. The summed E-state index contributed by atoms with van der Waals surface area (Å²) in [4.78, 5) is 13.1. The molecule has 0 atom stereocenters. The Kier molecular flexibility index (Phi) is 4.48. The monoisotopic (exact) mass is 286 g/mol. The van der Waals surface area contributed by atoms with Crippen LogP contribution in [0.2, 0.25) is 0 Å². The number of benzene rings is 2. The molecule has 2 aromatic rings. The molecule has 4 heteroatoms. The Morgan fingerprint density at radius 2 is 1.75 bits per heavy atom. The van der Waals surface area contributed by atoms with Gasteiger partial charge in [-0.3, -0.25) is 4.79 Å². The first-order valence-corrected chi connectivity index (χ1v) is 7.21. The van der Waals surface area contributed by atoms with E-state index >= 15 is 0 Å². The van der Waals surface area contributed by atoms with Gasteiger partial charge in [-0.15, -0.1) is 11.8 Å². The summed E-state index contributed by atoms with van der Waals surface area (Å²) < 4.78 is 0. The van der Waals surface area contributed by atoms with Crippen LogP contribution in [0.3, 0.4) is 0 Å². The highest BCUT2D eigenvalue weighted by Crippen LogP contribution is 2.25. The van der Waals surface area contributed by atoms with Gasteiger partial charge in [0.2, 0.25) is 0 Å². The predicted molar refractivity (Wildman–Crippen MR) is 81.4 cm³/mol. The van der Waals surface area contributed by atoms with E-state index in [4.69, 9.17) is 0 Å². The van der Waals surface area contributed by atoms with Gasteiger partial charge in [0.25, 0.3) is 0 Å². The van der Waals surface area contributed by atoms with Crippen LogP contribution in [0.1, 0.15) is 15.9 Å². The number of allylic oxidation sites excluding steroid dienone is 1. The molecule has 0 amide bonds. The molecule has 102 valence electrons. The third-order valence-electron chi connectivity index (χ3n) is 2.80. The van der Waals surface area contributed by atoms with Crippen LogP contribution < -0.4 is 0 Å². The third-order valence-corrected chi connectivity index (χ3v) is 3.54. The second-order valence-corrected chi connectivity index (χ2v) is 5.05. The molecular weight excluding hydrogens is 272 g/mol. The van der Waals surface area contributed by atoms with Crippen molar-refractivity contribution in [3.63, 3.8) is 0 Å². The highest BCUT2D eigenvalue weighted by molar-refractivity contribution is 7.98. The summed E-state index contributed by atoms with van der Waals surface area (Å²) in [5.74, 6) is -0.490. The maximum Gasteiger partial charge on any atom is 0.185 e. The summed E-state index contributed by atoms with van der Waals surface area (Å²) in [5.41, 5.74) is 1.26. The zero-order chi connectivity index (χ0) is 14.5. The molecule has 0 heterocycles. The minimum absolute atomic E-state index is 0.106. The van der Waals surface area contributed by atoms with E-state index in [2.05, 4.69) is 0 Å². The van der Waals surface area contributed by atoms with Crippen molar-refractivity contribution < 1.29 is 15.0 Å². The van der Waals surface area contributed by atoms with Crippen LogP contribution in [-0.4, -0.2) is 22.3 Å². The molecule has 0 radical (unpaired) electrons. The van der Waals surface area contributed by atoms with E-state index in [0.717, 1.165) is 4.90 Å². The van der Waals surface area contributed by atoms with Gasteiger partial charge < -0.3 is 10.2 Å². The van der Waals surface area contributed by atoms with Crippen LogP contribution >= 0.6 is 11.8 Å². The Balaban J connectivity index is 2.13. The summed E-state index contributed by atoms with van der Waals surface area (Å²) in [7, 11) is 0. The lowest BCUT2D eigenvalue weighted by molar-refractivity contribution is 0.104. The lowest BCUT2D eigenvalue weighted by atomic mass is 10.1. The number of hydrogen-bond donors (Lipinski definition) is 2. The van der Waals surface area contributed by atoms with Gasteiger partial charge in [0.15, 0.2) is 17.3 Å². The molecule has 0 aromatic heterocycles. The number of thioether (sulfide) groups is 1. The largest absolute Gasteiger partial charge is 0.504 e. The number of ketones is 1. The Morgan fingerprint density at radius 1 is 1.05 bits per heavy atom. The highest BCUT2D eigenvalue weighted by Gasteiger charge is 2.02. The van der Waals surface area contributed by atoms with Crippen LogP contribution in [0.5, 0.6) is 11.5 Å². The second kappa shape index (κ2) is 6.30. The van der Waals surface area contributed by atoms with E-state index in [9.17, 15) is 15.0 Å². The number of aromatic hydroxyl groups is 2. The zero-order valence-corrected chi connectivity index (χ0v) is 11.7. The van der Waals surface area contributed by atoms with E-state index in [1.165, 1.54) is 18.2 Å². The lowest BCUT2D eigenvalue weighted by Crippen LogP contribution is -1.93. The van der Waals surface area contributed by atoms with E-state index in [-0.39, 0.29) is 17.3 Å². The molecule has 20 heavy (non-hydrogen) atoms. The van der Waals surface area contributed by atoms with Crippen molar-refractivity contribution in [1.29, 1.82) is 0 Å². The normalized spacial score (nSPS) is 10.8. The van der Waals surface area contributed by atoms with E-state index in [1.807, 2.05) is 18.4 Å². The standard InChI is InChI=1S/C16H14O3S/c1-20-13-6-4-12(5-7-13)14(17)8-2-11-3-9-15(18)16(19)10-11/h2-10,18-19H,1H3/b8-2+. The molecule has 2 N–H and O–H groups in total. The van der Waals surface area contributed by atoms with Crippen LogP contribution in [0.4, 0.5) is 0 Å². The lowest BCUT2D eigenvalue weighted by Gasteiger charge is -2.00. The predicted octanol–water partition coefficient (Wildman–Crippen LogP) is 3.72. The van der Waals surface area contributed by atoms with Crippen molar-refractivity contribution in [3.05, 3.63) is 59.7 Å². The number of phenolic OH excluding ortho intramolecular Hbond substituents is 2. The van der Waals surface area contributed by atoms with Gasteiger partial charge in [0.05, 0.1) is 0 Å². The van der Waals surface area contributed by atoms with E-state index in [0.29, 0.717) is 11.1 Å². The molecule has 0 aliphatic heterocycles. The Morgan fingerprint density at radius 3 is 2.35 bits per heavy atom. The van der Waals surface area contributed by atoms with Crippen LogP contribution in [-0.2, 0) is 0 Å². The van der Waals surface area contributed by atoms with Crippen molar-refractivity contribution in [2.45, 2.75) is 4.90 Å². The van der Waals surface area contributed by atoms with Crippen molar-refractivity contribution in [1.82, 2.24) is 0 Å². The quantitative estimate of drug-likeness (QED) is 0.389. The maximum absolute atomic E-state index is 12.0. The van der Waals surface area contributed by atoms with E-state index < -0.39 is 0 Å². The fraction of sp³-hybridized carbons (Fsp3) is 0.0625. The molecule has 0 saturated heterocycles. The maximum atomic E-state index is 12.0. The summed E-state index contributed by atoms with van der Waals surface area (Å²) in [6.07, 6.45) is 5.03. The third kappa shape index (κ3) is 3.42. The van der Waals surface area contributed by atoms with Gasteiger partial charge in [-0.1, -0.05) is 12.1 Å². The number of carbonyl (C=O) groups is 1. The fourth-order valence-electron chi connectivity index (χ4n) is 1.67. The number of hydrogen-bond acceptors (Lipinski definition) is 4. The average Bonchev–Trinajstić information content (AvgIpc) is 2.48. The Labute approximate surface area is 121 Å². The summed E-state index contributed by atoms with van der Waals surface area (Å²) >= 11 is 1.62. The first-order valence-electron chi connectivity index (χ1n) is 5.98. The minimum atomic E-state index is -0.205. The van der Waals surface area contributed by atoms with Crippen molar-refractivity contribution in [3.8, 4) is 11.5 Å². The second-order valence-electron chi connectivity index (χ2n) is 4.17. The highest BCUT2D eigenvalue weighted by atomic mass is 32.2. The summed E-state index contributed by atoms with van der Waals surface area (Å²) in [6, 6.07) is 11.8. The van der Waals surface area contributed by atoms with Gasteiger partial charge >= 0.3 is 0 Å². The van der Waals surface area contributed by atoms with Crippen LogP contribution in [0, 0.1) is 0 Å². The first kappa shape index (κ1) is 14.2. The Hall–Kier alpha value is -2.20. The van der Waals surface area contributed by atoms with Gasteiger partial charge in [-0.2, -0.15) is 0 Å². The molecule has 2 aromatic carbocycles. The number of carbonyl (C=O) groups excluding carboxylic acids is 1. The molecule has 0 fully saturated rings. The molecule has 2 rings (SSSR count). The molecule has 3 nitrogen and oxygen atoms in total. The van der Waals surface area contributed by atoms with Gasteiger partial charge in [-0.05, 0) is 54.3 Å². The van der Waals surface area contributed by atoms with Crippen LogP contribution in [0.25, 0.3) is 6.08 Å². The fourth-order valence-corrected chi connectivity index (χ4v) is 2.08. The Bertz CT molecular complexity index is 645. The van der Waals surface area contributed by atoms with Crippen molar-refractivity contribution in [2.24, 2.45) is 0 Å². The van der Waals surface area contributed by atoms with Gasteiger partial charge in [0, 0.05) is 10.5 Å². The van der Waals surface area contributed by atoms with Crippen LogP contribution in [0.15, 0.2) is 53.4 Å². The topological polar surface area (TPSA) is 57.5 Å². The van der Waals surface area contributed by atoms with Gasteiger partial charge in [-0.25, -0.2) is 0 Å². The first-order chi connectivity index (χ1) is 9.60. The SMILES string of the molecule is CSc1ccc(C(=O)/C=C/c2ccc(O)c(O)c2)cc1. The molecule has 0 spiro atoms. The molecular formula is C16H14O3S. The summed E-state index contributed by atoms with van der Waals surface area (Å²) in [6.45, 7) is 0. The van der Waals surface area contributed by atoms with Gasteiger partial charge in [0.1, 0.15) is 0 Å². The van der Waals surface area contributed by atoms with E-state index in [1.54, 1.807) is 36.0 Å². The summed E-state index contributed by atoms with van der Waals surface area (Å²) in [5, 5.41) is 18.6. The number of phenols is 2. The van der Waals surface area contributed by atoms with Crippen molar-refractivity contribution in [2.75, 3.05) is 6.26 Å². The smallest absolute Gasteiger partial charge is 0.185 e. The molecule has 0 unspecified atom stereocenters. The van der Waals surface area contributed by atoms with Crippen molar-refractivity contribution >= 4 is 23.6 Å². The minimum Gasteiger partial charge on any atom is -0.504 e. The molecule has 0 aliphatic rings. The average molecular weight is 286 g/mol.